The molecule has 0 aliphatic rings. The number of carbonyl (C=O) groups is 1. The number of carboxylic acid groups (broad SMARTS) is 1. The minimum atomic E-state index is -1.08. The van der Waals surface area contributed by atoms with E-state index in [0.717, 1.165) is 12.7 Å². The summed E-state index contributed by atoms with van der Waals surface area (Å²) in [7, 11) is 1.82. The second kappa shape index (κ2) is 5.35. The smallest absolute Gasteiger partial charge is 0.357 e. The predicted molar refractivity (Wildman–Crippen MR) is 66.9 cm³/mol. The monoisotopic (exact) mass is 246 g/mol. The number of hydrogen-bond acceptors (Lipinski definition) is 4. The van der Waals surface area contributed by atoms with Crippen LogP contribution >= 0.6 is 0 Å². The standard InChI is InChI=1S/C13H14N2O3/c1-15(8-7-10-5-3-2-4-6-10)13-14-11(9-18-13)12(16)17/h2-6,9H,7-8H2,1H3,(H,16,17). The van der Waals surface area contributed by atoms with E-state index in [0.29, 0.717) is 12.6 Å². The maximum absolute atomic E-state index is 10.7. The molecule has 18 heavy (non-hydrogen) atoms. The van der Waals surface area contributed by atoms with E-state index in [9.17, 15) is 4.79 Å². The topological polar surface area (TPSA) is 66.6 Å². The Labute approximate surface area is 105 Å². The van der Waals surface area contributed by atoms with Crippen LogP contribution in [0.1, 0.15) is 16.1 Å². The van der Waals surface area contributed by atoms with Gasteiger partial charge in [0.15, 0.2) is 5.69 Å². The van der Waals surface area contributed by atoms with Crippen molar-refractivity contribution < 1.29 is 14.3 Å². The molecule has 0 aliphatic heterocycles. The summed E-state index contributed by atoms with van der Waals surface area (Å²) in [6, 6.07) is 10.4. The molecule has 0 bridgehead atoms. The minimum absolute atomic E-state index is 0.0726. The first kappa shape index (κ1) is 12.2. The molecule has 1 aromatic heterocycles. The third-order valence-corrected chi connectivity index (χ3v) is 2.62. The van der Waals surface area contributed by atoms with Crippen molar-refractivity contribution in [2.24, 2.45) is 0 Å². The van der Waals surface area contributed by atoms with Gasteiger partial charge in [0.2, 0.25) is 0 Å². The lowest BCUT2D eigenvalue weighted by Gasteiger charge is -2.13. The molecule has 2 aromatic rings. The third kappa shape index (κ3) is 2.88. The number of carboxylic acids is 1. The molecule has 5 heteroatoms. The van der Waals surface area contributed by atoms with Gasteiger partial charge in [-0.15, -0.1) is 0 Å². The van der Waals surface area contributed by atoms with Gasteiger partial charge in [-0.1, -0.05) is 30.3 Å². The van der Waals surface area contributed by atoms with E-state index in [1.165, 1.54) is 5.56 Å². The van der Waals surface area contributed by atoms with Crippen LogP contribution in [0.2, 0.25) is 0 Å². The summed E-state index contributed by atoms with van der Waals surface area (Å²) in [5, 5.41) is 8.75. The number of aromatic nitrogens is 1. The van der Waals surface area contributed by atoms with Gasteiger partial charge < -0.3 is 14.4 Å². The number of nitrogens with zero attached hydrogens (tertiary/aromatic N) is 2. The van der Waals surface area contributed by atoms with Gasteiger partial charge in [-0.3, -0.25) is 0 Å². The van der Waals surface area contributed by atoms with Crippen molar-refractivity contribution in [2.75, 3.05) is 18.5 Å². The highest BCUT2D eigenvalue weighted by Gasteiger charge is 2.13. The Morgan fingerprint density at radius 1 is 1.39 bits per heavy atom. The first-order valence-electron chi connectivity index (χ1n) is 5.60. The maximum Gasteiger partial charge on any atom is 0.357 e. The lowest BCUT2D eigenvalue weighted by Crippen LogP contribution is -2.20. The highest BCUT2D eigenvalue weighted by atomic mass is 16.4. The van der Waals surface area contributed by atoms with Crippen LogP contribution in [0.5, 0.6) is 0 Å². The van der Waals surface area contributed by atoms with Gasteiger partial charge in [-0.2, -0.15) is 4.98 Å². The van der Waals surface area contributed by atoms with Gasteiger partial charge in [0.25, 0.3) is 6.01 Å². The fraction of sp³-hybridized carbons (Fsp3) is 0.231. The van der Waals surface area contributed by atoms with Crippen LogP contribution < -0.4 is 4.90 Å². The van der Waals surface area contributed by atoms with Crippen LogP contribution in [0, 0.1) is 0 Å². The number of rotatable bonds is 5. The SMILES string of the molecule is CN(CCc1ccccc1)c1nc(C(=O)O)co1. The van der Waals surface area contributed by atoms with Crippen molar-refractivity contribution in [3.05, 3.63) is 47.9 Å². The molecule has 0 unspecified atom stereocenters. The molecule has 0 atom stereocenters. The zero-order valence-electron chi connectivity index (χ0n) is 10.0. The van der Waals surface area contributed by atoms with Crippen molar-refractivity contribution >= 4 is 12.0 Å². The minimum Gasteiger partial charge on any atom is -0.476 e. The van der Waals surface area contributed by atoms with Crippen molar-refractivity contribution in [3.63, 3.8) is 0 Å². The summed E-state index contributed by atoms with van der Waals surface area (Å²) >= 11 is 0. The molecular weight excluding hydrogens is 232 g/mol. The van der Waals surface area contributed by atoms with Crippen molar-refractivity contribution in [2.45, 2.75) is 6.42 Å². The van der Waals surface area contributed by atoms with Gasteiger partial charge in [-0.25, -0.2) is 4.79 Å². The first-order valence-corrected chi connectivity index (χ1v) is 5.60. The van der Waals surface area contributed by atoms with Gasteiger partial charge in [0, 0.05) is 13.6 Å². The average molecular weight is 246 g/mol. The third-order valence-electron chi connectivity index (χ3n) is 2.62. The molecule has 1 heterocycles. The molecule has 5 nitrogen and oxygen atoms in total. The van der Waals surface area contributed by atoms with Crippen LogP contribution in [-0.4, -0.2) is 29.7 Å². The summed E-state index contributed by atoms with van der Waals surface area (Å²) in [5.41, 5.74) is 1.14. The normalized spacial score (nSPS) is 10.3. The number of likely N-dealkylation sites (N-methyl/N-ethyl adjacent to an activating group) is 1. The highest BCUT2D eigenvalue weighted by Crippen LogP contribution is 2.12. The lowest BCUT2D eigenvalue weighted by molar-refractivity contribution is 0.0690. The summed E-state index contributed by atoms with van der Waals surface area (Å²) in [6.07, 6.45) is 2.00. The second-order valence-corrected chi connectivity index (χ2v) is 3.98. The van der Waals surface area contributed by atoms with Crippen LogP contribution in [-0.2, 0) is 6.42 Å². The van der Waals surface area contributed by atoms with E-state index in [-0.39, 0.29) is 5.69 Å². The molecule has 94 valence electrons. The molecule has 1 aromatic carbocycles. The molecule has 0 fully saturated rings. The number of aromatic carboxylic acids is 1. The average Bonchev–Trinajstić information content (AvgIpc) is 2.87. The summed E-state index contributed by atoms with van der Waals surface area (Å²) in [6.45, 7) is 0.712. The zero-order chi connectivity index (χ0) is 13.0. The molecule has 0 aliphatic carbocycles. The molecule has 0 spiro atoms. The van der Waals surface area contributed by atoms with E-state index in [1.54, 1.807) is 4.90 Å². The summed E-state index contributed by atoms with van der Waals surface area (Å²) in [5.74, 6) is -1.08. The predicted octanol–water partition coefficient (Wildman–Crippen LogP) is 2.05. The molecule has 0 radical (unpaired) electrons. The van der Waals surface area contributed by atoms with E-state index in [2.05, 4.69) is 4.98 Å². The van der Waals surface area contributed by atoms with Crippen LogP contribution in [0.15, 0.2) is 41.0 Å². The molecule has 0 amide bonds. The highest BCUT2D eigenvalue weighted by molar-refractivity contribution is 5.85. The van der Waals surface area contributed by atoms with E-state index >= 15 is 0 Å². The fourth-order valence-electron chi connectivity index (χ4n) is 1.57. The molecule has 0 saturated heterocycles. The van der Waals surface area contributed by atoms with E-state index in [1.807, 2.05) is 37.4 Å². The maximum atomic E-state index is 10.7. The van der Waals surface area contributed by atoms with Crippen molar-refractivity contribution in [3.8, 4) is 0 Å². The van der Waals surface area contributed by atoms with Crippen molar-refractivity contribution in [1.82, 2.24) is 4.98 Å². The Bertz CT molecular complexity index is 522. The fourth-order valence-corrected chi connectivity index (χ4v) is 1.57. The Morgan fingerprint density at radius 2 is 2.11 bits per heavy atom. The summed E-state index contributed by atoms with van der Waals surface area (Å²) in [4.78, 5) is 16.3. The Kier molecular flexibility index (Phi) is 3.62. The largest absolute Gasteiger partial charge is 0.476 e. The first-order chi connectivity index (χ1) is 8.66. The van der Waals surface area contributed by atoms with Crippen LogP contribution in [0.4, 0.5) is 6.01 Å². The number of benzene rings is 1. The van der Waals surface area contributed by atoms with Crippen molar-refractivity contribution in [1.29, 1.82) is 0 Å². The Hall–Kier alpha value is -2.30. The molecular formula is C13H14N2O3. The zero-order valence-corrected chi connectivity index (χ0v) is 10.0. The second-order valence-electron chi connectivity index (χ2n) is 3.98. The quantitative estimate of drug-likeness (QED) is 0.874. The van der Waals surface area contributed by atoms with Gasteiger partial charge >= 0.3 is 5.97 Å². The van der Waals surface area contributed by atoms with Gasteiger partial charge in [-0.05, 0) is 12.0 Å². The number of hydrogen-bond donors (Lipinski definition) is 1. The molecule has 1 N–H and O–H groups in total. The van der Waals surface area contributed by atoms with E-state index < -0.39 is 5.97 Å². The summed E-state index contributed by atoms with van der Waals surface area (Å²) < 4.78 is 5.11. The Balaban J connectivity index is 1.95. The van der Waals surface area contributed by atoms with Crippen LogP contribution in [0.25, 0.3) is 0 Å². The lowest BCUT2D eigenvalue weighted by atomic mass is 10.1. The van der Waals surface area contributed by atoms with Gasteiger partial charge in [0.1, 0.15) is 6.26 Å². The Morgan fingerprint density at radius 3 is 2.72 bits per heavy atom. The molecule has 2 rings (SSSR count). The number of oxazole rings is 1. The molecule has 0 saturated carbocycles. The van der Waals surface area contributed by atoms with Crippen LogP contribution in [0.3, 0.4) is 0 Å². The number of anilines is 1. The van der Waals surface area contributed by atoms with E-state index in [4.69, 9.17) is 9.52 Å². The van der Waals surface area contributed by atoms with Gasteiger partial charge in [0.05, 0.1) is 0 Å².